The van der Waals surface area contributed by atoms with Crippen LogP contribution >= 0.6 is 34.4 Å². The Morgan fingerprint density at radius 1 is 1.10 bits per heavy atom. The van der Waals surface area contributed by atoms with E-state index in [0.717, 1.165) is 10.4 Å². The molecule has 6 nitrogen and oxygen atoms in total. The predicted molar refractivity (Wildman–Crippen MR) is 129 cm³/mol. The van der Waals surface area contributed by atoms with Crippen LogP contribution in [0.5, 0.6) is 0 Å². The number of hydrogen-bond donors (Lipinski definition) is 1. The predicted octanol–water partition coefficient (Wildman–Crippen LogP) is 4.90. The van der Waals surface area contributed by atoms with E-state index in [0.29, 0.717) is 43.7 Å². The van der Waals surface area contributed by atoms with E-state index in [4.69, 9.17) is 4.98 Å². The van der Waals surface area contributed by atoms with E-state index in [9.17, 15) is 9.59 Å². The van der Waals surface area contributed by atoms with Crippen molar-refractivity contribution in [3.8, 4) is 10.4 Å². The summed E-state index contributed by atoms with van der Waals surface area (Å²) in [6, 6.07) is 13.7. The molecule has 0 atom stereocenters. The van der Waals surface area contributed by atoms with Gasteiger partial charge in [0.25, 0.3) is 11.1 Å². The van der Waals surface area contributed by atoms with Crippen molar-refractivity contribution in [1.29, 1.82) is 0 Å². The molecule has 0 aliphatic rings. The molecule has 0 saturated carbocycles. The first kappa shape index (κ1) is 19.9. The number of nitrogens with one attached hydrogen (secondary N) is 1. The van der Waals surface area contributed by atoms with Gasteiger partial charge in [0.15, 0.2) is 5.16 Å². The summed E-state index contributed by atoms with van der Waals surface area (Å²) in [5.41, 5.74) is 2.18. The van der Waals surface area contributed by atoms with Crippen molar-refractivity contribution in [2.45, 2.75) is 17.5 Å². The second-order valence-corrected chi connectivity index (χ2v) is 9.64. The van der Waals surface area contributed by atoms with E-state index < -0.39 is 0 Å². The number of fused-ring (bicyclic) bond motifs is 2. The van der Waals surface area contributed by atoms with Crippen molar-refractivity contribution in [3.63, 3.8) is 0 Å². The average molecular weight is 465 g/mol. The van der Waals surface area contributed by atoms with Crippen LogP contribution < -0.4 is 11.1 Å². The molecule has 0 radical (unpaired) electrons. The number of allylic oxidation sites excluding steroid dienone is 1. The first-order valence-corrected chi connectivity index (χ1v) is 12.1. The Labute approximate surface area is 188 Å². The number of benzene rings is 1. The fraction of sp³-hybridized carbons (Fsp3) is 0.0909. The number of hydrogen-bond acceptors (Lipinski definition) is 7. The van der Waals surface area contributed by atoms with Crippen molar-refractivity contribution in [3.05, 3.63) is 87.0 Å². The molecule has 0 aliphatic heterocycles. The lowest BCUT2D eigenvalue weighted by atomic mass is 10.2. The number of rotatable bonds is 6. The van der Waals surface area contributed by atoms with Gasteiger partial charge in [0, 0.05) is 11.4 Å². The highest BCUT2D eigenvalue weighted by atomic mass is 32.2. The lowest BCUT2D eigenvalue weighted by Crippen LogP contribution is -2.22. The summed E-state index contributed by atoms with van der Waals surface area (Å²) < 4.78 is 2.85. The van der Waals surface area contributed by atoms with Crippen LogP contribution in [0.4, 0.5) is 0 Å². The van der Waals surface area contributed by atoms with Crippen LogP contribution in [0.1, 0.15) is 5.82 Å². The topological polar surface area (TPSA) is 80.6 Å². The van der Waals surface area contributed by atoms with Crippen LogP contribution in [0.2, 0.25) is 0 Å². The van der Waals surface area contributed by atoms with E-state index in [1.54, 1.807) is 10.6 Å². The first-order chi connectivity index (χ1) is 15.1. The maximum Gasteiger partial charge on any atom is 0.272 e. The fourth-order valence-electron chi connectivity index (χ4n) is 3.26. The van der Waals surface area contributed by atoms with Crippen molar-refractivity contribution >= 4 is 54.9 Å². The number of H-pyrrole nitrogens is 1. The Balaban J connectivity index is 1.54. The molecule has 0 saturated heterocycles. The van der Waals surface area contributed by atoms with Gasteiger partial charge in [0.05, 0.1) is 16.8 Å². The fourth-order valence-corrected chi connectivity index (χ4v) is 5.91. The van der Waals surface area contributed by atoms with E-state index >= 15 is 0 Å². The molecule has 9 heteroatoms. The second-order valence-electron chi connectivity index (χ2n) is 6.73. The Bertz CT molecular complexity index is 1530. The Morgan fingerprint density at radius 3 is 2.74 bits per heavy atom. The molecule has 154 valence electrons. The first-order valence-electron chi connectivity index (χ1n) is 9.44. The molecule has 4 heterocycles. The molecule has 31 heavy (non-hydrogen) atoms. The van der Waals surface area contributed by atoms with Crippen LogP contribution in [0, 0.1) is 0 Å². The maximum atomic E-state index is 13.2. The van der Waals surface area contributed by atoms with Gasteiger partial charge >= 0.3 is 0 Å². The number of aromatic amines is 1. The van der Waals surface area contributed by atoms with Crippen molar-refractivity contribution in [2.24, 2.45) is 0 Å². The number of nitrogens with zero attached hydrogens (tertiary/aromatic N) is 3. The van der Waals surface area contributed by atoms with Crippen LogP contribution in [0.25, 0.3) is 30.9 Å². The maximum absolute atomic E-state index is 13.2. The lowest BCUT2D eigenvalue weighted by molar-refractivity contribution is 0.672. The SMILES string of the molecule is C=CCn1c(SCc2nc3ccsc3c(=O)[nH]2)nc2cc(-c3ccccc3)sc2c1=O. The minimum Gasteiger partial charge on any atom is -0.309 e. The van der Waals surface area contributed by atoms with E-state index in [-0.39, 0.29) is 11.1 Å². The zero-order valence-corrected chi connectivity index (χ0v) is 18.6. The molecule has 0 fully saturated rings. The monoisotopic (exact) mass is 464 g/mol. The molecule has 4 aromatic heterocycles. The summed E-state index contributed by atoms with van der Waals surface area (Å²) in [7, 11) is 0. The molecular formula is C22H16N4O2S3. The average Bonchev–Trinajstić information content (AvgIpc) is 3.43. The van der Waals surface area contributed by atoms with Gasteiger partial charge in [-0.25, -0.2) is 9.97 Å². The van der Waals surface area contributed by atoms with Crippen molar-refractivity contribution < 1.29 is 0 Å². The molecule has 0 aliphatic carbocycles. The highest BCUT2D eigenvalue weighted by molar-refractivity contribution is 7.98. The van der Waals surface area contributed by atoms with E-state index in [2.05, 4.69) is 16.5 Å². The third-order valence-corrected chi connectivity index (χ3v) is 7.72. The largest absolute Gasteiger partial charge is 0.309 e. The van der Waals surface area contributed by atoms with Gasteiger partial charge < -0.3 is 4.98 Å². The van der Waals surface area contributed by atoms with Gasteiger partial charge in [0.2, 0.25) is 0 Å². The zero-order chi connectivity index (χ0) is 21.4. The molecule has 1 aromatic carbocycles. The lowest BCUT2D eigenvalue weighted by Gasteiger charge is -2.09. The summed E-state index contributed by atoms with van der Waals surface area (Å²) in [5, 5.41) is 2.42. The molecule has 1 N–H and O–H groups in total. The highest BCUT2D eigenvalue weighted by Gasteiger charge is 2.16. The number of thioether (sulfide) groups is 1. The minimum absolute atomic E-state index is 0.0886. The van der Waals surface area contributed by atoms with Crippen LogP contribution in [0.15, 0.2) is 75.2 Å². The highest BCUT2D eigenvalue weighted by Crippen LogP contribution is 2.32. The summed E-state index contributed by atoms with van der Waals surface area (Å²) >= 11 is 4.19. The molecular weight excluding hydrogens is 448 g/mol. The molecule has 0 amide bonds. The molecule has 0 unspecified atom stereocenters. The Hall–Kier alpha value is -3.01. The standard InChI is InChI=1S/C22H16N4O2S3/c1-2-9-26-21(28)19-15(11-16(31-19)13-6-4-3-5-7-13)24-22(26)30-12-17-23-14-8-10-29-18(14)20(27)25-17/h2-8,10-11H,1,9,12H2,(H,23,25,27). The van der Waals surface area contributed by atoms with Crippen LogP contribution in [-0.2, 0) is 12.3 Å². The molecule has 0 spiro atoms. The third kappa shape index (κ3) is 3.76. The molecule has 0 bridgehead atoms. The minimum atomic E-state index is -0.146. The van der Waals surface area contributed by atoms with Crippen LogP contribution in [-0.4, -0.2) is 19.5 Å². The van der Waals surface area contributed by atoms with Gasteiger partial charge in [-0.05, 0) is 23.1 Å². The van der Waals surface area contributed by atoms with Gasteiger partial charge in [0.1, 0.15) is 15.2 Å². The van der Waals surface area contributed by atoms with Crippen molar-refractivity contribution in [2.75, 3.05) is 0 Å². The van der Waals surface area contributed by atoms with Gasteiger partial charge in [-0.15, -0.1) is 29.3 Å². The Kier molecular flexibility index (Phi) is 5.31. The Morgan fingerprint density at radius 2 is 1.94 bits per heavy atom. The number of thiophene rings is 2. The molecule has 5 aromatic rings. The van der Waals surface area contributed by atoms with Gasteiger partial charge in [-0.3, -0.25) is 14.2 Å². The van der Waals surface area contributed by atoms with E-state index in [1.165, 1.54) is 34.4 Å². The third-order valence-electron chi connectivity index (χ3n) is 4.67. The normalized spacial score (nSPS) is 11.4. The van der Waals surface area contributed by atoms with Gasteiger partial charge in [-0.2, -0.15) is 0 Å². The summed E-state index contributed by atoms with van der Waals surface area (Å²) in [6.45, 7) is 4.13. The quantitative estimate of drug-likeness (QED) is 0.220. The number of aromatic nitrogens is 4. The van der Waals surface area contributed by atoms with Crippen molar-refractivity contribution in [1.82, 2.24) is 19.5 Å². The summed E-state index contributed by atoms with van der Waals surface area (Å²) in [5.74, 6) is 0.946. The molecule has 5 rings (SSSR count). The summed E-state index contributed by atoms with van der Waals surface area (Å²) in [6.07, 6.45) is 1.68. The summed E-state index contributed by atoms with van der Waals surface area (Å²) in [4.78, 5) is 38.5. The smallest absolute Gasteiger partial charge is 0.272 e. The second kappa shape index (κ2) is 8.26. The van der Waals surface area contributed by atoms with Crippen LogP contribution in [0.3, 0.4) is 0 Å². The zero-order valence-electron chi connectivity index (χ0n) is 16.2. The van der Waals surface area contributed by atoms with Gasteiger partial charge in [-0.1, -0.05) is 48.2 Å². The van der Waals surface area contributed by atoms with E-state index in [1.807, 2.05) is 47.8 Å².